The molecule has 2 aromatic carbocycles. The van der Waals surface area contributed by atoms with Gasteiger partial charge in [-0.3, -0.25) is 4.79 Å². The Morgan fingerprint density at radius 3 is 2.79 bits per heavy atom. The van der Waals surface area contributed by atoms with E-state index in [2.05, 4.69) is 20.8 Å². The van der Waals surface area contributed by atoms with Crippen molar-refractivity contribution in [3.63, 3.8) is 0 Å². The summed E-state index contributed by atoms with van der Waals surface area (Å²) >= 11 is 2.71. The molecule has 9 heteroatoms. The Hall–Kier alpha value is -2.65. The van der Waals surface area contributed by atoms with Crippen molar-refractivity contribution in [2.24, 2.45) is 0 Å². The lowest BCUT2D eigenvalue weighted by Gasteiger charge is -2.10. The molecule has 1 unspecified atom stereocenters. The number of nitrogens with zero attached hydrogens (tertiary/aromatic N) is 2. The van der Waals surface area contributed by atoms with E-state index in [1.54, 1.807) is 26.2 Å². The van der Waals surface area contributed by atoms with Crippen LogP contribution in [0.1, 0.15) is 12.5 Å². The number of amides is 1. The number of thioether (sulfide) groups is 1. The number of ether oxygens (including phenoxy) is 1. The fourth-order valence-corrected chi connectivity index (χ4v) is 4.21. The van der Waals surface area contributed by atoms with Gasteiger partial charge in [-0.15, -0.1) is 10.2 Å². The molecular formula is C19H19FN4O2S2. The Morgan fingerprint density at radius 1 is 1.25 bits per heavy atom. The highest BCUT2D eigenvalue weighted by Crippen LogP contribution is 2.31. The Labute approximate surface area is 170 Å². The first-order valence-corrected chi connectivity index (χ1v) is 10.2. The third kappa shape index (κ3) is 5.67. The van der Waals surface area contributed by atoms with E-state index >= 15 is 0 Å². The van der Waals surface area contributed by atoms with Gasteiger partial charge in [-0.1, -0.05) is 41.3 Å². The normalized spacial score (nSPS) is 11.7. The van der Waals surface area contributed by atoms with Gasteiger partial charge in [0, 0.05) is 18.3 Å². The number of nitrogens with one attached hydrogen (secondary N) is 2. The second kappa shape index (κ2) is 9.52. The van der Waals surface area contributed by atoms with Gasteiger partial charge in [-0.25, -0.2) is 4.39 Å². The van der Waals surface area contributed by atoms with E-state index in [9.17, 15) is 9.18 Å². The third-order valence-corrected chi connectivity index (χ3v) is 5.78. The van der Waals surface area contributed by atoms with E-state index in [4.69, 9.17) is 4.74 Å². The summed E-state index contributed by atoms with van der Waals surface area (Å²) in [7, 11) is 1.61. The Kier molecular flexibility index (Phi) is 6.83. The van der Waals surface area contributed by atoms with Crippen LogP contribution >= 0.6 is 23.1 Å². The molecule has 0 aliphatic heterocycles. The molecule has 0 saturated heterocycles. The van der Waals surface area contributed by atoms with Gasteiger partial charge >= 0.3 is 0 Å². The number of halogens is 1. The quantitative estimate of drug-likeness (QED) is 0.533. The average molecular weight is 419 g/mol. The molecule has 0 bridgehead atoms. The van der Waals surface area contributed by atoms with E-state index < -0.39 is 0 Å². The molecule has 2 N–H and O–H groups in total. The zero-order valence-corrected chi connectivity index (χ0v) is 16.9. The maximum atomic E-state index is 12.9. The number of benzene rings is 2. The van der Waals surface area contributed by atoms with Gasteiger partial charge < -0.3 is 15.4 Å². The van der Waals surface area contributed by atoms with Gasteiger partial charge in [0.15, 0.2) is 4.34 Å². The van der Waals surface area contributed by atoms with Crippen molar-refractivity contribution in [3.8, 4) is 5.75 Å². The SMILES string of the molecule is COc1cccc(Nc2nnc(SC(C)C(=O)NCc3ccc(F)cc3)s2)c1. The maximum absolute atomic E-state index is 12.9. The highest BCUT2D eigenvalue weighted by Gasteiger charge is 2.17. The molecule has 1 aromatic heterocycles. The Balaban J connectivity index is 1.51. The van der Waals surface area contributed by atoms with Crippen LogP contribution in [0.15, 0.2) is 52.9 Å². The minimum atomic E-state index is -0.335. The van der Waals surface area contributed by atoms with E-state index in [1.165, 1.54) is 35.2 Å². The van der Waals surface area contributed by atoms with Crippen LogP contribution in [0, 0.1) is 5.82 Å². The lowest BCUT2D eigenvalue weighted by molar-refractivity contribution is -0.120. The zero-order chi connectivity index (χ0) is 19.9. The largest absolute Gasteiger partial charge is 0.497 e. The van der Waals surface area contributed by atoms with Crippen LogP contribution in [0.4, 0.5) is 15.2 Å². The van der Waals surface area contributed by atoms with Crippen LogP contribution in [-0.4, -0.2) is 28.5 Å². The Bertz CT molecular complexity index is 934. The zero-order valence-electron chi connectivity index (χ0n) is 15.3. The number of hydrogen-bond acceptors (Lipinski definition) is 7. The fraction of sp³-hybridized carbons (Fsp3) is 0.211. The molecule has 0 spiro atoms. The van der Waals surface area contributed by atoms with Crippen LogP contribution in [0.2, 0.25) is 0 Å². The number of hydrogen-bond donors (Lipinski definition) is 2. The lowest BCUT2D eigenvalue weighted by atomic mass is 10.2. The first-order chi connectivity index (χ1) is 13.5. The molecule has 0 aliphatic carbocycles. The van der Waals surface area contributed by atoms with Gasteiger partial charge in [0.2, 0.25) is 11.0 Å². The molecule has 1 amide bonds. The second-order valence-corrected chi connectivity index (χ2v) is 8.40. The summed E-state index contributed by atoms with van der Waals surface area (Å²) in [5, 5.41) is 14.5. The summed E-state index contributed by atoms with van der Waals surface area (Å²) in [5.74, 6) is 0.330. The van der Waals surface area contributed by atoms with Crippen LogP contribution in [-0.2, 0) is 11.3 Å². The molecule has 28 heavy (non-hydrogen) atoms. The molecule has 0 saturated carbocycles. The van der Waals surface area contributed by atoms with Gasteiger partial charge in [0.25, 0.3) is 0 Å². The molecule has 0 fully saturated rings. The molecule has 3 rings (SSSR count). The van der Waals surface area contributed by atoms with E-state index in [-0.39, 0.29) is 17.0 Å². The topological polar surface area (TPSA) is 76.1 Å². The summed E-state index contributed by atoms with van der Waals surface area (Å²) < 4.78 is 18.8. The summed E-state index contributed by atoms with van der Waals surface area (Å²) in [6.07, 6.45) is 0. The van der Waals surface area contributed by atoms with Gasteiger partial charge in [0.1, 0.15) is 11.6 Å². The molecule has 0 aliphatic rings. The highest BCUT2D eigenvalue weighted by molar-refractivity contribution is 8.02. The van der Waals surface area contributed by atoms with Gasteiger partial charge in [-0.05, 0) is 36.8 Å². The standard InChI is InChI=1S/C19H19FN4O2S2/c1-12(17(25)21-11-13-6-8-14(20)9-7-13)27-19-24-23-18(28-19)22-15-4-3-5-16(10-15)26-2/h3-10,12H,11H2,1-2H3,(H,21,25)(H,22,23). The molecular weight excluding hydrogens is 399 g/mol. The van der Waals surface area contributed by atoms with Crippen molar-refractivity contribution in [2.45, 2.75) is 23.1 Å². The highest BCUT2D eigenvalue weighted by atomic mass is 32.2. The minimum Gasteiger partial charge on any atom is -0.497 e. The average Bonchev–Trinajstić information content (AvgIpc) is 3.14. The minimum absolute atomic E-state index is 0.119. The number of carbonyl (C=O) groups is 1. The molecule has 3 aromatic rings. The van der Waals surface area contributed by atoms with E-state index in [0.717, 1.165) is 17.0 Å². The number of carbonyl (C=O) groups excluding carboxylic acids is 1. The van der Waals surface area contributed by atoms with Crippen molar-refractivity contribution >= 4 is 39.8 Å². The predicted octanol–water partition coefficient (Wildman–Crippen LogP) is 4.23. The molecule has 0 radical (unpaired) electrons. The summed E-state index contributed by atoms with van der Waals surface area (Å²) in [6.45, 7) is 2.16. The number of aromatic nitrogens is 2. The van der Waals surface area contributed by atoms with Crippen molar-refractivity contribution in [1.29, 1.82) is 0 Å². The second-order valence-electron chi connectivity index (χ2n) is 5.83. The predicted molar refractivity (Wildman–Crippen MR) is 110 cm³/mol. The summed E-state index contributed by atoms with van der Waals surface area (Å²) in [5.41, 5.74) is 1.68. The first-order valence-electron chi connectivity index (χ1n) is 8.47. The van der Waals surface area contributed by atoms with Crippen molar-refractivity contribution < 1.29 is 13.9 Å². The molecule has 1 atom stereocenters. The maximum Gasteiger partial charge on any atom is 0.233 e. The summed E-state index contributed by atoms with van der Waals surface area (Å²) in [4.78, 5) is 12.3. The lowest BCUT2D eigenvalue weighted by Crippen LogP contribution is -2.30. The van der Waals surface area contributed by atoms with Crippen LogP contribution in [0.25, 0.3) is 0 Å². The van der Waals surface area contributed by atoms with Gasteiger partial charge in [0.05, 0.1) is 12.4 Å². The smallest absolute Gasteiger partial charge is 0.233 e. The van der Waals surface area contributed by atoms with Crippen LogP contribution < -0.4 is 15.4 Å². The summed E-state index contributed by atoms with van der Waals surface area (Å²) in [6, 6.07) is 13.5. The van der Waals surface area contributed by atoms with Gasteiger partial charge in [-0.2, -0.15) is 0 Å². The number of anilines is 2. The molecule has 146 valence electrons. The van der Waals surface area contributed by atoms with E-state index in [1.807, 2.05) is 24.3 Å². The number of rotatable bonds is 8. The van der Waals surface area contributed by atoms with Crippen molar-refractivity contribution in [3.05, 3.63) is 59.9 Å². The van der Waals surface area contributed by atoms with E-state index in [0.29, 0.717) is 16.0 Å². The molecule has 1 heterocycles. The van der Waals surface area contributed by atoms with Crippen LogP contribution in [0.5, 0.6) is 5.75 Å². The van der Waals surface area contributed by atoms with Crippen molar-refractivity contribution in [2.75, 3.05) is 12.4 Å². The monoisotopic (exact) mass is 418 g/mol. The first kappa shape index (κ1) is 20.1. The Morgan fingerprint density at radius 2 is 2.04 bits per heavy atom. The fourth-order valence-electron chi connectivity index (χ4n) is 2.27. The number of methoxy groups -OCH3 is 1. The van der Waals surface area contributed by atoms with Crippen LogP contribution in [0.3, 0.4) is 0 Å². The van der Waals surface area contributed by atoms with Crippen molar-refractivity contribution in [1.82, 2.24) is 15.5 Å². The molecule has 6 nitrogen and oxygen atoms in total. The third-order valence-electron chi connectivity index (χ3n) is 3.75.